The van der Waals surface area contributed by atoms with Gasteiger partial charge in [-0.3, -0.25) is 9.59 Å². The van der Waals surface area contributed by atoms with Crippen LogP contribution in [0.15, 0.2) is 48.5 Å². The number of rotatable bonds is 5. The summed E-state index contributed by atoms with van der Waals surface area (Å²) in [5.41, 5.74) is 2.26. The first-order chi connectivity index (χ1) is 11.9. The maximum absolute atomic E-state index is 12.9. The van der Waals surface area contributed by atoms with Crippen molar-refractivity contribution in [3.05, 3.63) is 64.7 Å². The number of halogens is 1. The Hall–Kier alpha value is -2.33. The van der Waals surface area contributed by atoms with Crippen LogP contribution in [0.2, 0.25) is 5.02 Å². The molecule has 130 valence electrons. The van der Waals surface area contributed by atoms with Gasteiger partial charge in [-0.15, -0.1) is 0 Å². The maximum atomic E-state index is 12.9. The molecule has 0 radical (unpaired) electrons. The van der Waals surface area contributed by atoms with Crippen LogP contribution in [0.3, 0.4) is 0 Å². The average Bonchev–Trinajstić information content (AvgIpc) is 3.38. The molecule has 0 aliphatic heterocycles. The van der Waals surface area contributed by atoms with E-state index in [1.165, 1.54) is 4.90 Å². The summed E-state index contributed by atoms with van der Waals surface area (Å²) < 4.78 is 0. The van der Waals surface area contributed by atoms with Crippen LogP contribution in [-0.4, -0.2) is 30.3 Å². The van der Waals surface area contributed by atoms with E-state index in [0.29, 0.717) is 5.02 Å². The third-order valence-electron chi connectivity index (χ3n) is 4.60. The summed E-state index contributed by atoms with van der Waals surface area (Å²) in [6.07, 6.45) is 1.58. The fourth-order valence-electron chi connectivity index (χ4n) is 3.03. The second kappa shape index (κ2) is 6.89. The minimum atomic E-state index is -0.524. The van der Waals surface area contributed by atoms with E-state index in [9.17, 15) is 9.59 Å². The van der Waals surface area contributed by atoms with Crippen LogP contribution in [0.5, 0.6) is 0 Å². The quantitative estimate of drug-likeness (QED) is 0.886. The smallest absolute Gasteiger partial charge is 0.243 e. The highest BCUT2D eigenvalue weighted by atomic mass is 35.5. The van der Waals surface area contributed by atoms with Crippen molar-refractivity contribution in [2.45, 2.75) is 25.2 Å². The first-order valence-electron chi connectivity index (χ1n) is 8.29. The minimum absolute atomic E-state index is 0.0228. The van der Waals surface area contributed by atoms with E-state index in [4.69, 9.17) is 11.6 Å². The molecule has 3 rings (SSSR count). The van der Waals surface area contributed by atoms with Crippen LogP contribution in [0.1, 0.15) is 24.0 Å². The van der Waals surface area contributed by atoms with Gasteiger partial charge in [0.2, 0.25) is 11.8 Å². The third-order valence-corrected chi connectivity index (χ3v) is 4.83. The second-order valence-electron chi connectivity index (χ2n) is 6.67. The molecule has 0 unspecified atom stereocenters. The number of anilines is 1. The van der Waals surface area contributed by atoms with E-state index >= 15 is 0 Å². The van der Waals surface area contributed by atoms with Crippen LogP contribution < -0.4 is 5.32 Å². The number of nitrogens with one attached hydrogen (secondary N) is 1. The van der Waals surface area contributed by atoms with Gasteiger partial charge < -0.3 is 10.2 Å². The molecule has 2 amide bonds. The van der Waals surface area contributed by atoms with E-state index in [0.717, 1.165) is 29.7 Å². The Balaban J connectivity index is 1.64. The van der Waals surface area contributed by atoms with Crippen molar-refractivity contribution in [3.8, 4) is 0 Å². The molecule has 5 heteroatoms. The highest BCUT2D eigenvalue weighted by Crippen LogP contribution is 2.49. The summed E-state index contributed by atoms with van der Waals surface area (Å²) in [5.74, 6) is -0.240. The van der Waals surface area contributed by atoms with Gasteiger partial charge in [-0.05, 0) is 49.6 Å². The molecule has 2 aromatic rings. The zero-order valence-electron chi connectivity index (χ0n) is 14.4. The van der Waals surface area contributed by atoms with Gasteiger partial charge in [0.25, 0.3) is 0 Å². The largest absolute Gasteiger partial charge is 0.336 e. The molecule has 1 aliphatic carbocycles. The van der Waals surface area contributed by atoms with E-state index in [-0.39, 0.29) is 18.4 Å². The molecule has 1 aliphatic rings. The molecule has 4 nitrogen and oxygen atoms in total. The van der Waals surface area contributed by atoms with Crippen molar-refractivity contribution in [2.75, 3.05) is 18.9 Å². The lowest BCUT2D eigenvalue weighted by Crippen LogP contribution is -2.41. The summed E-state index contributed by atoms with van der Waals surface area (Å²) in [7, 11) is 1.67. The van der Waals surface area contributed by atoms with Gasteiger partial charge >= 0.3 is 0 Å². The van der Waals surface area contributed by atoms with Gasteiger partial charge in [0, 0.05) is 17.8 Å². The van der Waals surface area contributed by atoms with Gasteiger partial charge in [0.15, 0.2) is 0 Å². The van der Waals surface area contributed by atoms with Crippen molar-refractivity contribution in [3.63, 3.8) is 0 Å². The van der Waals surface area contributed by atoms with Gasteiger partial charge in [-0.2, -0.15) is 0 Å². The topological polar surface area (TPSA) is 49.4 Å². The lowest BCUT2D eigenvalue weighted by molar-refractivity contribution is -0.135. The highest BCUT2D eigenvalue weighted by Gasteiger charge is 2.52. The number of hydrogen-bond donors (Lipinski definition) is 1. The lowest BCUT2D eigenvalue weighted by Gasteiger charge is -2.23. The molecule has 0 saturated heterocycles. The first-order valence-corrected chi connectivity index (χ1v) is 8.67. The predicted molar refractivity (Wildman–Crippen MR) is 99.8 cm³/mol. The highest BCUT2D eigenvalue weighted by molar-refractivity contribution is 6.30. The van der Waals surface area contributed by atoms with Crippen LogP contribution in [0.25, 0.3) is 0 Å². The van der Waals surface area contributed by atoms with E-state index < -0.39 is 5.41 Å². The Kier molecular flexibility index (Phi) is 4.82. The van der Waals surface area contributed by atoms with Gasteiger partial charge in [-0.25, -0.2) is 0 Å². The zero-order chi connectivity index (χ0) is 18.0. The number of benzene rings is 2. The Morgan fingerprint density at radius 1 is 1.16 bits per heavy atom. The van der Waals surface area contributed by atoms with E-state index in [1.54, 1.807) is 13.1 Å². The van der Waals surface area contributed by atoms with Crippen molar-refractivity contribution in [1.29, 1.82) is 0 Å². The van der Waals surface area contributed by atoms with Gasteiger partial charge in [0.05, 0.1) is 12.0 Å². The molecule has 25 heavy (non-hydrogen) atoms. The summed E-state index contributed by atoms with van der Waals surface area (Å²) in [4.78, 5) is 26.6. The standard InChI is InChI=1S/C20H21ClN2O2/c1-14-6-8-17(9-7-14)22-18(24)13-23(2)19(25)20(10-11-20)15-4-3-5-16(21)12-15/h3-9,12H,10-11,13H2,1-2H3,(H,22,24). The van der Waals surface area contributed by atoms with Gasteiger partial charge in [-0.1, -0.05) is 41.4 Å². The number of aryl methyl sites for hydroxylation is 1. The monoisotopic (exact) mass is 356 g/mol. The number of nitrogens with zero attached hydrogens (tertiary/aromatic N) is 1. The van der Waals surface area contributed by atoms with E-state index in [2.05, 4.69) is 5.32 Å². The van der Waals surface area contributed by atoms with Crippen molar-refractivity contribution < 1.29 is 9.59 Å². The first kappa shape index (κ1) is 17.5. The van der Waals surface area contributed by atoms with Crippen molar-refractivity contribution in [1.82, 2.24) is 4.90 Å². The summed E-state index contributed by atoms with van der Waals surface area (Å²) >= 11 is 6.06. The maximum Gasteiger partial charge on any atom is 0.243 e. The molecule has 1 N–H and O–H groups in total. The second-order valence-corrected chi connectivity index (χ2v) is 7.10. The number of carbonyl (C=O) groups excluding carboxylic acids is 2. The van der Waals surface area contributed by atoms with Crippen LogP contribution >= 0.6 is 11.6 Å². The Bertz CT molecular complexity index is 798. The third kappa shape index (κ3) is 3.85. The predicted octanol–water partition coefficient (Wildman–Crippen LogP) is 3.78. The summed E-state index contributed by atoms with van der Waals surface area (Å²) in [6.45, 7) is 2.01. The van der Waals surface area contributed by atoms with Crippen LogP contribution in [0.4, 0.5) is 5.69 Å². The summed E-state index contributed by atoms with van der Waals surface area (Å²) in [5, 5.41) is 3.44. The van der Waals surface area contributed by atoms with Crippen molar-refractivity contribution >= 4 is 29.1 Å². The Morgan fingerprint density at radius 3 is 2.44 bits per heavy atom. The number of amides is 2. The SMILES string of the molecule is Cc1ccc(NC(=O)CN(C)C(=O)C2(c3cccc(Cl)c3)CC2)cc1. The van der Waals surface area contributed by atoms with E-state index in [1.807, 2.05) is 49.4 Å². The molecular formula is C20H21ClN2O2. The number of likely N-dealkylation sites (N-methyl/N-ethyl adjacent to an activating group) is 1. The number of hydrogen-bond acceptors (Lipinski definition) is 2. The molecule has 1 saturated carbocycles. The fraction of sp³-hybridized carbons (Fsp3) is 0.300. The Labute approximate surface area is 152 Å². The van der Waals surface area contributed by atoms with Crippen molar-refractivity contribution in [2.24, 2.45) is 0 Å². The minimum Gasteiger partial charge on any atom is -0.336 e. The Morgan fingerprint density at radius 2 is 1.84 bits per heavy atom. The zero-order valence-corrected chi connectivity index (χ0v) is 15.1. The molecule has 0 heterocycles. The van der Waals surface area contributed by atoms with Crippen LogP contribution in [-0.2, 0) is 15.0 Å². The molecule has 0 atom stereocenters. The average molecular weight is 357 g/mol. The molecule has 1 fully saturated rings. The fourth-order valence-corrected chi connectivity index (χ4v) is 3.22. The molecule has 0 aromatic heterocycles. The molecule has 0 bridgehead atoms. The molecule has 2 aromatic carbocycles. The molecular weight excluding hydrogens is 336 g/mol. The molecule has 0 spiro atoms. The number of carbonyl (C=O) groups is 2. The summed E-state index contributed by atoms with van der Waals surface area (Å²) in [6, 6.07) is 15.0. The normalized spacial score (nSPS) is 14.7. The van der Waals surface area contributed by atoms with Crippen LogP contribution in [0, 0.1) is 6.92 Å². The van der Waals surface area contributed by atoms with Gasteiger partial charge in [0.1, 0.15) is 0 Å². The lowest BCUT2D eigenvalue weighted by atomic mass is 9.94.